The smallest absolute Gasteiger partial charge is 0.168 e. The quantitative estimate of drug-likeness (QED) is 0.422. The molecule has 0 amide bonds. The third kappa shape index (κ3) is 4.55. The monoisotopic (exact) mass is 460 g/mol. The second-order valence-electron chi connectivity index (χ2n) is 8.82. The molecule has 0 radical (unpaired) electrons. The van der Waals surface area contributed by atoms with E-state index in [-0.39, 0.29) is 17.3 Å². The molecule has 1 aromatic heterocycles. The van der Waals surface area contributed by atoms with Crippen molar-refractivity contribution < 1.29 is 22.0 Å². The molecule has 3 aromatic rings. The largest absolute Gasteiger partial charge is 0.366 e. The van der Waals surface area contributed by atoms with Gasteiger partial charge in [0.25, 0.3) is 0 Å². The molecule has 2 heterocycles. The molecule has 0 unspecified atom stereocenters. The summed E-state index contributed by atoms with van der Waals surface area (Å²) in [6.45, 7) is 2.14. The lowest BCUT2D eigenvalue weighted by atomic mass is 10.0. The Morgan fingerprint density at radius 1 is 0.818 bits per heavy atom. The van der Waals surface area contributed by atoms with Crippen LogP contribution in [0.1, 0.15) is 18.4 Å². The van der Waals surface area contributed by atoms with Crippen LogP contribution in [-0.2, 0) is 6.54 Å². The number of benzene rings is 2. The summed E-state index contributed by atoms with van der Waals surface area (Å²) in [5, 5.41) is 11.3. The van der Waals surface area contributed by atoms with Gasteiger partial charge in [-0.1, -0.05) is 6.07 Å². The summed E-state index contributed by atoms with van der Waals surface area (Å²) in [6, 6.07) is 8.33. The van der Waals surface area contributed by atoms with Gasteiger partial charge in [-0.15, -0.1) is 10.2 Å². The standard InChI is InChI=1S/C24H21F5N4/c25-16-2-1-13(20(27)8-16)10-33-11-14-5-18(6-15(14)12-33)30-23-4-3-22(31-32-23)19-7-17(26)9-21(28)24(19)29/h1-4,7-9,14-15,18H,5-6,10-12H2,(H,30,32)/t14-,15+,18+. The molecule has 2 aromatic carbocycles. The van der Waals surface area contributed by atoms with Crippen LogP contribution in [0.15, 0.2) is 42.5 Å². The van der Waals surface area contributed by atoms with E-state index in [1.807, 2.05) is 0 Å². The van der Waals surface area contributed by atoms with E-state index in [2.05, 4.69) is 20.4 Å². The molecule has 1 aliphatic carbocycles. The van der Waals surface area contributed by atoms with E-state index < -0.39 is 29.1 Å². The van der Waals surface area contributed by atoms with E-state index >= 15 is 0 Å². The number of hydrogen-bond donors (Lipinski definition) is 1. The summed E-state index contributed by atoms with van der Waals surface area (Å²) in [6.07, 6.45) is 1.83. The predicted molar refractivity (Wildman–Crippen MR) is 113 cm³/mol. The molecule has 1 saturated carbocycles. The summed E-state index contributed by atoms with van der Waals surface area (Å²) >= 11 is 0. The van der Waals surface area contributed by atoms with Gasteiger partial charge in [0.2, 0.25) is 0 Å². The summed E-state index contributed by atoms with van der Waals surface area (Å²) < 4.78 is 67.9. The Kier molecular flexibility index (Phi) is 5.74. The predicted octanol–water partition coefficient (Wildman–Crippen LogP) is 5.16. The summed E-state index contributed by atoms with van der Waals surface area (Å²) in [5.74, 6) is -3.00. The summed E-state index contributed by atoms with van der Waals surface area (Å²) in [7, 11) is 0. The number of halogens is 5. The fourth-order valence-corrected chi connectivity index (χ4v) is 5.04. The Morgan fingerprint density at radius 3 is 2.21 bits per heavy atom. The van der Waals surface area contributed by atoms with Gasteiger partial charge in [-0.3, -0.25) is 4.90 Å². The van der Waals surface area contributed by atoms with Gasteiger partial charge in [0.15, 0.2) is 11.6 Å². The minimum absolute atomic E-state index is 0.0448. The fraction of sp³-hybridized carbons (Fsp3) is 0.333. The highest BCUT2D eigenvalue weighted by Crippen LogP contribution is 2.39. The first-order valence-corrected chi connectivity index (χ1v) is 10.8. The number of nitrogens with one attached hydrogen (secondary N) is 1. The highest BCUT2D eigenvalue weighted by Gasteiger charge is 2.41. The van der Waals surface area contributed by atoms with Gasteiger partial charge in [0, 0.05) is 48.9 Å². The zero-order chi connectivity index (χ0) is 23.1. The lowest BCUT2D eigenvalue weighted by Crippen LogP contribution is -2.25. The van der Waals surface area contributed by atoms with Gasteiger partial charge in [-0.2, -0.15) is 0 Å². The van der Waals surface area contributed by atoms with Crippen molar-refractivity contribution in [2.24, 2.45) is 11.8 Å². The van der Waals surface area contributed by atoms with Crippen LogP contribution in [0.3, 0.4) is 0 Å². The van der Waals surface area contributed by atoms with Crippen LogP contribution < -0.4 is 5.32 Å². The summed E-state index contributed by atoms with van der Waals surface area (Å²) in [4.78, 5) is 2.20. The molecule has 5 rings (SSSR count). The minimum Gasteiger partial charge on any atom is -0.366 e. The van der Waals surface area contributed by atoms with Crippen molar-refractivity contribution in [1.82, 2.24) is 15.1 Å². The van der Waals surface area contributed by atoms with Gasteiger partial charge in [0.1, 0.15) is 23.3 Å². The van der Waals surface area contributed by atoms with Crippen LogP contribution in [0, 0.1) is 40.9 Å². The number of anilines is 1. The molecule has 4 nitrogen and oxygen atoms in total. The first kappa shape index (κ1) is 21.8. The number of rotatable bonds is 5. The maximum absolute atomic E-state index is 14.0. The molecule has 1 N–H and O–H groups in total. The normalized spacial score (nSPS) is 22.5. The van der Waals surface area contributed by atoms with E-state index in [1.54, 1.807) is 6.07 Å². The molecule has 3 atom stereocenters. The Labute approximate surface area is 187 Å². The van der Waals surface area contributed by atoms with Crippen LogP contribution in [0.25, 0.3) is 11.3 Å². The van der Waals surface area contributed by atoms with Crippen LogP contribution >= 0.6 is 0 Å². The van der Waals surface area contributed by atoms with Crippen LogP contribution in [0.5, 0.6) is 0 Å². The van der Waals surface area contributed by atoms with Crippen molar-refractivity contribution in [2.45, 2.75) is 25.4 Å². The zero-order valence-electron chi connectivity index (χ0n) is 17.5. The maximum Gasteiger partial charge on any atom is 0.168 e. The Bertz CT molecular complexity index is 1160. The van der Waals surface area contributed by atoms with Crippen molar-refractivity contribution in [1.29, 1.82) is 0 Å². The molecule has 2 fully saturated rings. The SMILES string of the molecule is Fc1ccc(CN2C[C@H]3C[C@H](Nc4ccc(-c5cc(F)cc(F)c5F)nn4)C[C@H]3C2)c(F)c1. The average molecular weight is 460 g/mol. The highest BCUT2D eigenvalue weighted by molar-refractivity contribution is 5.60. The molecule has 1 saturated heterocycles. The fourth-order valence-electron chi connectivity index (χ4n) is 5.04. The van der Waals surface area contributed by atoms with Crippen LogP contribution in [-0.4, -0.2) is 34.2 Å². The van der Waals surface area contributed by atoms with Gasteiger partial charge in [-0.25, -0.2) is 22.0 Å². The Hall–Kier alpha value is -3.07. The maximum atomic E-state index is 14.0. The number of likely N-dealkylation sites (tertiary alicyclic amines) is 1. The first-order valence-electron chi connectivity index (χ1n) is 10.8. The van der Waals surface area contributed by atoms with E-state index in [0.717, 1.165) is 38.1 Å². The second-order valence-corrected chi connectivity index (χ2v) is 8.82. The molecule has 1 aliphatic heterocycles. The Balaban J connectivity index is 1.18. The molecule has 0 spiro atoms. The average Bonchev–Trinajstić information content (AvgIpc) is 3.31. The van der Waals surface area contributed by atoms with Gasteiger partial charge in [0.05, 0.1) is 5.69 Å². The molecule has 33 heavy (non-hydrogen) atoms. The van der Waals surface area contributed by atoms with E-state index in [4.69, 9.17) is 0 Å². The van der Waals surface area contributed by atoms with Crippen molar-refractivity contribution in [3.63, 3.8) is 0 Å². The third-order valence-electron chi connectivity index (χ3n) is 6.52. The second kappa shape index (κ2) is 8.70. The van der Waals surface area contributed by atoms with Crippen molar-refractivity contribution in [2.75, 3.05) is 18.4 Å². The molecular formula is C24H21F5N4. The Morgan fingerprint density at radius 2 is 1.55 bits per heavy atom. The number of aromatic nitrogens is 2. The lowest BCUT2D eigenvalue weighted by Gasteiger charge is -2.20. The van der Waals surface area contributed by atoms with Gasteiger partial charge < -0.3 is 5.32 Å². The minimum atomic E-state index is -1.28. The molecule has 172 valence electrons. The molecular weight excluding hydrogens is 439 g/mol. The van der Waals surface area contributed by atoms with Gasteiger partial charge >= 0.3 is 0 Å². The lowest BCUT2D eigenvalue weighted by molar-refractivity contribution is 0.296. The molecule has 9 heteroatoms. The third-order valence-corrected chi connectivity index (χ3v) is 6.52. The zero-order valence-corrected chi connectivity index (χ0v) is 17.5. The number of hydrogen-bond acceptors (Lipinski definition) is 4. The van der Waals surface area contributed by atoms with Crippen molar-refractivity contribution in [3.8, 4) is 11.3 Å². The van der Waals surface area contributed by atoms with Crippen molar-refractivity contribution in [3.05, 3.63) is 77.1 Å². The number of nitrogens with zero attached hydrogens (tertiary/aromatic N) is 3. The summed E-state index contributed by atoms with van der Waals surface area (Å²) in [5.41, 5.74) is 0.263. The van der Waals surface area contributed by atoms with Crippen LogP contribution in [0.2, 0.25) is 0 Å². The van der Waals surface area contributed by atoms with Gasteiger partial charge in [-0.05, 0) is 48.9 Å². The topological polar surface area (TPSA) is 41.0 Å². The first-order chi connectivity index (χ1) is 15.9. The van der Waals surface area contributed by atoms with Crippen molar-refractivity contribution >= 4 is 5.82 Å². The molecule has 2 aliphatic rings. The van der Waals surface area contributed by atoms with E-state index in [0.29, 0.717) is 35.8 Å². The van der Waals surface area contributed by atoms with E-state index in [1.165, 1.54) is 18.2 Å². The number of fused-ring (bicyclic) bond motifs is 1. The molecule has 0 bridgehead atoms. The van der Waals surface area contributed by atoms with E-state index in [9.17, 15) is 22.0 Å². The highest BCUT2D eigenvalue weighted by atomic mass is 19.2. The van der Waals surface area contributed by atoms with Crippen LogP contribution in [0.4, 0.5) is 27.8 Å².